The molecule has 20 heavy (non-hydrogen) atoms. The molecule has 0 aliphatic heterocycles. The largest absolute Gasteiger partial charge is 0.396 e. The van der Waals surface area contributed by atoms with Crippen molar-refractivity contribution in [3.8, 4) is 0 Å². The Morgan fingerprint density at radius 1 is 1.00 bits per heavy atom. The van der Waals surface area contributed by atoms with E-state index in [0.717, 1.165) is 18.4 Å². The Morgan fingerprint density at radius 3 is 2.25 bits per heavy atom. The standard InChI is InChI=1S/C18H29FO/c1-2-3-4-5-6-7-8-9-11-17(15-20)16-12-10-13-18(19)14-16/h10,12-14,17,20H,2-9,11,15H2,1H3. The summed E-state index contributed by atoms with van der Waals surface area (Å²) in [5, 5.41) is 9.45. The van der Waals surface area contributed by atoms with Gasteiger partial charge in [0, 0.05) is 12.5 Å². The maximum Gasteiger partial charge on any atom is 0.123 e. The number of rotatable bonds is 11. The van der Waals surface area contributed by atoms with Crippen LogP contribution in [-0.2, 0) is 0 Å². The number of benzene rings is 1. The molecule has 1 aromatic rings. The topological polar surface area (TPSA) is 20.2 Å². The lowest BCUT2D eigenvalue weighted by molar-refractivity contribution is 0.256. The molecule has 0 saturated heterocycles. The van der Waals surface area contributed by atoms with Crippen LogP contribution in [0.15, 0.2) is 24.3 Å². The minimum Gasteiger partial charge on any atom is -0.396 e. The molecule has 0 amide bonds. The minimum atomic E-state index is -0.211. The fourth-order valence-corrected chi connectivity index (χ4v) is 2.65. The predicted molar refractivity (Wildman–Crippen MR) is 83.5 cm³/mol. The van der Waals surface area contributed by atoms with Crippen molar-refractivity contribution in [3.63, 3.8) is 0 Å². The molecule has 0 bridgehead atoms. The maximum atomic E-state index is 13.2. The fourth-order valence-electron chi connectivity index (χ4n) is 2.65. The van der Waals surface area contributed by atoms with Crippen molar-refractivity contribution in [2.45, 2.75) is 70.6 Å². The molecule has 1 nitrogen and oxygen atoms in total. The van der Waals surface area contributed by atoms with Crippen LogP contribution in [0.1, 0.15) is 76.2 Å². The molecule has 0 saturated carbocycles. The van der Waals surface area contributed by atoms with Crippen LogP contribution >= 0.6 is 0 Å². The first-order valence-corrected chi connectivity index (χ1v) is 8.14. The normalized spacial score (nSPS) is 12.6. The fraction of sp³-hybridized carbons (Fsp3) is 0.667. The van der Waals surface area contributed by atoms with Gasteiger partial charge >= 0.3 is 0 Å². The smallest absolute Gasteiger partial charge is 0.123 e. The maximum absolute atomic E-state index is 13.2. The summed E-state index contributed by atoms with van der Waals surface area (Å²) in [4.78, 5) is 0. The molecule has 0 heterocycles. The van der Waals surface area contributed by atoms with Gasteiger partial charge in [-0.3, -0.25) is 0 Å². The molecule has 0 radical (unpaired) electrons. The molecule has 1 rings (SSSR count). The van der Waals surface area contributed by atoms with Gasteiger partial charge in [-0.05, 0) is 24.1 Å². The van der Waals surface area contributed by atoms with Gasteiger partial charge in [0.1, 0.15) is 5.82 Å². The molecule has 0 aliphatic carbocycles. The van der Waals surface area contributed by atoms with E-state index in [1.54, 1.807) is 12.1 Å². The van der Waals surface area contributed by atoms with Crippen LogP contribution in [0.4, 0.5) is 4.39 Å². The van der Waals surface area contributed by atoms with E-state index >= 15 is 0 Å². The minimum absolute atomic E-state index is 0.0887. The van der Waals surface area contributed by atoms with Crippen molar-refractivity contribution in [3.05, 3.63) is 35.6 Å². The molecule has 1 aromatic carbocycles. The highest BCUT2D eigenvalue weighted by Crippen LogP contribution is 2.23. The first-order chi connectivity index (χ1) is 9.77. The summed E-state index contributed by atoms with van der Waals surface area (Å²) < 4.78 is 13.2. The highest BCUT2D eigenvalue weighted by molar-refractivity contribution is 5.20. The lowest BCUT2D eigenvalue weighted by Crippen LogP contribution is -2.04. The second-order valence-corrected chi connectivity index (χ2v) is 5.70. The Kier molecular flexibility index (Phi) is 9.31. The number of hydrogen-bond donors (Lipinski definition) is 1. The second kappa shape index (κ2) is 10.8. The van der Waals surface area contributed by atoms with Gasteiger partial charge in [-0.2, -0.15) is 0 Å². The van der Waals surface area contributed by atoms with E-state index in [0.29, 0.717) is 0 Å². The molecule has 0 fully saturated rings. The van der Waals surface area contributed by atoms with Crippen molar-refractivity contribution in [2.24, 2.45) is 0 Å². The molecule has 0 aromatic heterocycles. The summed E-state index contributed by atoms with van der Waals surface area (Å²) in [7, 11) is 0. The molecular weight excluding hydrogens is 251 g/mol. The van der Waals surface area contributed by atoms with Crippen molar-refractivity contribution >= 4 is 0 Å². The van der Waals surface area contributed by atoms with Gasteiger partial charge in [0.25, 0.3) is 0 Å². The SMILES string of the molecule is CCCCCCCCCCC(CO)c1cccc(F)c1. The summed E-state index contributed by atoms with van der Waals surface area (Å²) in [6.45, 7) is 2.35. The summed E-state index contributed by atoms with van der Waals surface area (Å²) in [6.07, 6.45) is 11.3. The van der Waals surface area contributed by atoms with Crippen molar-refractivity contribution < 1.29 is 9.50 Å². The van der Waals surface area contributed by atoms with Crippen LogP contribution in [0.2, 0.25) is 0 Å². The van der Waals surface area contributed by atoms with Gasteiger partial charge in [-0.15, -0.1) is 0 Å². The quantitative estimate of drug-likeness (QED) is 0.536. The van der Waals surface area contributed by atoms with E-state index < -0.39 is 0 Å². The van der Waals surface area contributed by atoms with E-state index in [4.69, 9.17) is 0 Å². The summed E-state index contributed by atoms with van der Waals surface area (Å²) >= 11 is 0. The van der Waals surface area contributed by atoms with Gasteiger partial charge < -0.3 is 5.11 Å². The van der Waals surface area contributed by atoms with Gasteiger partial charge in [0.2, 0.25) is 0 Å². The lowest BCUT2D eigenvalue weighted by atomic mass is 9.93. The highest BCUT2D eigenvalue weighted by atomic mass is 19.1. The number of unbranched alkanes of at least 4 members (excludes halogenated alkanes) is 7. The number of aliphatic hydroxyl groups excluding tert-OH is 1. The first kappa shape index (κ1) is 17.2. The zero-order valence-corrected chi connectivity index (χ0v) is 12.8. The zero-order chi connectivity index (χ0) is 14.6. The second-order valence-electron chi connectivity index (χ2n) is 5.70. The van der Waals surface area contributed by atoms with Crippen molar-refractivity contribution in [1.82, 2.24) is 0 Å². The molecule has 1 unspecified atom stereocenters. The first-order valence-electron chi connectivity index (χ1n) is 8.14. The molecule has 0 spiro atoms. The predicted octanol–water partition coefficient (Wildman–Crippen LogP) is 5.43. The van der Waals surface area contributed by atoms with Gasteiger partial charge in [-0.25, -0.2) is 4.39 Å². The van der Waals surface area contributed by atoms with E-state index in [2.05, 4.69) is 6.92 Å². The Labute approximate surface area is 123 Å². The molecule has 2 heteroatoms. The van der Waals surface area contributed by atoms with E-state index in [-0.39, 0.29) is 18.3 Å². The van der Waals surface area contributed by atoms with Gasteiger partial charge in [-0.1, -0.05) is 70.4 Å². The third-order valence-corrected chi connectivity index (χ3v) is 3.95. The number of aliphatic hydroxyl groups is 1. The average Bonchev–Trinajstić information content (AvgIpc) is 2.46. The third-order valence-electron chi connectivity index (χ3n) is 3.95. The number of hydrogen-bond acceptors (Lipinski definition) is 1. The molecule has 0 aliphatic rings. The summed E-state index contributed by atoms with van der Waals surface area (Å²) in [5.41, 5.74) is 0.926. The summed E-state index contributed by atoms with van der Waals surface area (Å²) in [6, 6.07) is 6.63. The Balaban J connectivity index is 2.16. The van der Waals surface area contributed by atoms with E-state index in [1.165, 1.54) is 51.0 Å². The van der Waals surface area contributed by atoms with Crippen LogP contribution in [0.25, 0.3) is 0 Å². The van der Waals surface area contributed by atoms with Gasteiger partial charge in [0.15, 0.2) is 0 Å². The zero-order valence-electron chi connectivity index (χ0n) is 12.8. The van der Waals surface area contributed by atoms with E-state index in [1.807, 2.05) is 6.07 Å². The van der Waals surface area contributed by atoms with Crippen LogP contribution < -0.4 is 0 Å². The van der Waals surface area contributed by atoms with Crippen LogP contribution in [0, 0.1) is 5.82 Å². The summed E-state index contributed by atoms with van der Waals surface area (Å²) in [5.74, 6) is -0.123. The lowest BCUT2D eigenvalue weighted by Gasteiger charge is -2.14. The Bertz CT molecular complexity index is 351. The highest BCUT2D eigenvalue weighted by Gasteiger charge is 2.10. The average molecular weight is 280 g/mol. The van der Waals surface area contributed by atoms with Crippen LogP contribution in [-0.4, -0.2) is 11.7 Å². The monoisotopic (exact) mass is 280 g/mol. The van der Waals surface area contributed by atoms with Crippen LogP contribution in [0.5, 0.6) is 0 Å². The molecular formula is C18H29FO. The Morgan fingerprint density at radius 2 is 1.65 bits per heavy atom. The van der Waals surface area contributed by atoms with E-state index in [9.17, 15) is 9.50 Å². The van der Waals surface area contributed by atoms with Crippen LogP contribution in [0.3, 0.4) is 0 Å². The van der Waals surface area contributed by atoms with Crippen molar-refractivity contribution in [1.29, 1.82) is 0 Å². The van der Waals surface area contributed by atoms with Gasteiger partial charge in [0.05, 0.1) is 0 Å². The Hall–Kier alpha value is -0.890. The van der Waals surface area contributed by atoms with Crippen molar-refractivity contribution in [2.75, 3.05) is 6.61 Å². The third kappa shape index (κ3) is 7.04. The number of halogens is 1. The molecule has 1 atom stereocenters. The molecule has 1 N–H and O–H groups in total. The molecule has 114 valence electrons.